The second kappa shape index (κ2) is 7.00. The fraction of sp³-hybridized carbons (Fsp3) is 0.471. The van der Waals surface area contributed by atoms with Crippen molar-refractivity contribution in [1.29, 1.82) is 0 Å². The van der Waals surface area contributed by atoms with Gasteiger partial charge in [0, 0.05) is 32.1 Å². The summed E-state index contributed by atoms with van der Waals surface area (Å²) in [5, 5.41) is 14.2. The number of hydrogen-bond donors (Lipinski definition) is 1. The fourth-order valence-electron chi connectivity index (χ4n) is 3.00. The number of carbonyl (C=O) groups is 2. The van der Waals surface area contributed by atoms with Crippen molar-refractivity contribution in [2.45, 2.75) is 31.7 Å². The maximum atomic E-state index is 12.0. The third-order valence-electron chi connectivity index (χ3n) is 4.48. The van der Waals surface area contributed by atoms with Crippen molar-refractivity contribution in [1.82, 2.24) is 14.7 Å². The van der Waals surface area contributed by atoms with Gasteiger partial charge in [0.1, 0.15) is 5.69 Å². The van der Waals surface area contributed by atoms with Crippen LogP contribution >= 0.6 is 0 Å². The molecule has 2 aromatic rings. The molecule has 0 bridgehead atoms. The molecule has 0 aromatic carbocycles. The first-order valence-corrected chi connectivity index (χ1v) is 8.32. The Labute approximate surface area is 145 Å². The maximum absolute atomic E-state index is 12.0. The summed E-state index contributed by atoms with van der Waals surface area (Å²) in [4.78, 5) is 25.5. The molecule has 0 saturated carbocycles. The van der Waals surface area contributed by atoms with E-state index >= 15 is 0 Å². The number of aliphatic carboxylic acids is 1. The lowest BCUT2D eigenvalue weighted by molar-refractivity contribution is -0.151. The van der Waals surface area contributed by atoms with Crippen LogP contribution < -0.4 is 0 Å². The van der Waals surface area contributed by atoms with E-state index in [1.54, 1.807) is 35.6 Å². The number of aromatic nitrogens is 2. The summed E-state index contributed by atoms with van der Waals surface area (Å²) in [7, 11) is 0. The van der Waals surface area contributed by atoms with Crippen molar-refractivity contribution < 1.29 is 23.8 Å². The van der Waals surface area contributed by atoms with Crippen LogP contribution in [0.5, 0.6) is 0 Å². The first kappa shape index (κ1) is 17.1. The molecule has 0 unspecified atom stereocenters. The van der Waals surface area contributed by atoms with Gasteiger partial charge in [0.05, 0.1) is 12.9 Å². The zero-order chi connectivity index (χ0) is 17.9. The van der Waals surface area contributed by atoms with Gasteiger partial charge in [0.2, 0.25) is 0 Å². The van der Waals surface area contributed by atoms with Crippen LogP contribution in [0.3, 0.4) is 0 Å². The monoisotopic (exact) mass is 347 g/mol. The Kier molecular flexibility index (Phi) is 4.78. The first-order valence-electron chi connectivity index (χ1n) is 8.32. The fourth-order valence-corrected chi connectivity index (χ4v) is 3.00. The SMILES string of the molecule is CCCOC(=O)N1CCC(C(=O)O)(n2ccc(-c3ccco3)n2)CC1. The third-order valence-corrected chi connectivity index (χ3v) is 4.48. The molecule has 1 saturated heterocycles. The van der Waals surface area contributed by atoms with Crippen molar-refractivity contribution in [3.05, 3.63) is 30.7 Å². The van der Waals surface area contributed by atoms with Gasteiger partial charge in [0.25, 0.3) is 0 Å². The zero-order valence-corrected chi connectivity index (χ0v) is 14.1. The molecule has 1 aliphatic heterocycles. The number of amides is 1. The van der Waals surface area contributed by atoms with Crippen molar-refractivity contribution in [2.75, 3.05) is 19.7 Å². The number of piperidine rings is 1. The first-order chi connectivity index (χ1) is 12.1. The Hall–Kier alpha value is -2.77. The molecule has 8 nitrogen and oxygen atoms in total. The summed E-state index contributed by atoms with van der Waals surface area (Å²) >= 11 is 0. The molecule has 0 atom stereocenters. The summed E-state index contributed by atoms with van der Waals surface area (Å²) in [5.41, 5.74) is -0.595. The average molecular weight is 347 g/mol. The largest absolute Gasteiger partial charge is 0.479 e. The summed E-state index contributed by atoms with van der Waals surface area (Å²) in [6.07, 6.45) is 4.09. The number of carbonyl (C=O) groups excluding carboxylic acids is 1. The van der Waals surface area contributed by atoms with Crippen LogP contribution in [0.15, 0.2) is 35.1 Å². The third kappa shape index (κ3) is 3.24. The summed E-state index contributed by atoms with van der Waals surface area (Å²) in [6, 6.07) is 5.25. The number of carboxylic acids is 1. The molecule has 0 radical (unpaired) electrons. The number of rotatable bonds is 5. The van der Waals surface area contributed by atoms with E-state index in [-0.39, 0.29) is 12.8 Å². The topological polar surface area (TPSA) is 97.8 Å². The van der Waals surface area contributed by atoms with E-state index in [9.17, 15) is 14.7 Å². The van der Waals surface area contributed by atoms with Gasteiger partial charge < -0.3 is 19.2 Å². The summed E-state index contributed by atoms with van der Waals surface area (Å²) in [6.45, 7) is 2.91. The highest BCUT2D eigenvalue weighted by molar-refractivity contribution is 5.77. The second-order valence-electron chi connectivity index (χ2n) is 6.06. The smallest absolute Gasteiger partial charge is 0.409 e. The number of nitrogens with zero attached hydrogens (tertiary/aromatic N) is 3. The number of ether oxygens (including phenoxy) is 1. The molecule has 1 aliphatic rings. The molecule has 2 aromatic heterocycles. The van der Waals surface area contributed by atoms with E-state index in [0.29, 0.717) is 31.2 Å². The molecule has 134 valence electrons. The van der Waals surface area contributed by atoms with E-state index in [4.69, 9.17) is 9.15 Å². The second-order valence-corrected chi connectivity index (χ2v) is 6.06. The quantitative estimate of drug-likeness (QED) is 0.893. The molecule has 1 fully saturated rings. The highest BCUT2D eigenvalue weighted by Crippen LogP contribution is 2.32. The zero-order valence-electron chi connectivity index (χ0n) is 14.1. The lowest BCUT2D eigenvalue weighted by Gasteiger charge is -2.38. The minimum atomic E-state index is -1.17. The number of likely N-dealkylation sites (tertiary alicyclic amines) is 1. The molecule has 3 heterocycles. The van der Waals surface area contributed by atoms with Crippen LogP contribution in [0.25, 0.3) is 11.5 Å². The lowest BCUT2D eigenvalue weighted by atomic mass is 9.88. The van der Waals surface area contributed by atoms with E-state index < -0.39 is 17.6 Å². The maximum Gasteiger partial charge on any atom is 0.409 e. The summed E-state index contributed by atoms with van der Waals surface area (Å²) in [5.74, 6) is -0.372. The Morgan fingerprint density at radius 2 is 2.12 bits per heavy atom. The lowest BCUT2D eigenvalue weighted by Crippen LogP contribution is -2.52. The van der Waals surface area contributed by atoms with Crippen molar-refractivity contribution in [2.24, 2.45) is 0 Å². The van der Waals surface area contributed by atoms with E-state index in [2.05, 4.69) is 5.10 Å². The minimum Gasteiger partial charge on any atom is -0.479 e. The van der Waals surface area contributed by atoms with E-state index in [0.717, 1.165) is 6.42 Å². The Morgan fingerprint density at radius 3 is 2.72 bits per heavy atom. The van der Waals surface area contributed by atoms with Gasteiger partial charge in [-0.25, -0.2) is 9.59 Å². The van der Waals surface area contributed by atoms with Crippen LogP contribution in [-0.2, 0) is 15.1 Å². The Bertz CT molecular complexity index is 729. The highest BCUT2D eigenvalue weighted by atomic mass is 16.6. The van der Waals surface area contributed by atoms with Crippen LogP contribution in [0, 0.1) is 0 Å². The molecule has 0 aliphatic carbocycles. The minimum absolute atomic E-state index is 0.267. The van der Waals surface area contributed by atoms with Crippen molar-refractivity contribution in [3.63, 3.8) is 0 Å². The normalized spacial score (nSPS) is 16.6. The summed E-state index contributed by atoms with van der Waals surface area (Å²) < 4.78 is 11.9. The van der Waals surface area contributed by atoms with Gasteiger partial charge in [-0.05, 0) is 24.6 Å². The van der Waals surface area contributed by atoms with Crippen molar-refractivity contribution in [3.8, 4) is 11.5 Å². The predicted molar refractivity (Wildman–Crippen MR) is 88.0 cm³/mol. The van der Waals surface area contributed by atoms with Gasteiger partial charge in [-0.1, -0.05) is 6.92 Å². The van der Waals surface area contributed by atoms with Crippen LogP contribution in [0.1, 0.15) is 26.2 Å². The molecule has 1 N–H and O–H groups in total. The van der Waals surface area contributed by atoms with E-state index in [1.165, 1.54) is 4.68 Å². The Balaban J connectivity index is 1.76. The van der Waals surface area contributed by atoms with Gasteiger partial charge >= 0.3 is 12.1 Å². The van der Waals surface area contributed by atoms with Crippen LogP contribution in [0.2, 0.25) is 0 Å². The number of carboxylic acid groups (broad SMARTS) is 1. The van der Waals surface area contributed by atoms with Crippen molar-refractivity contribution >= 4 is 12.1 Å². The van der Waals surface area contributed by atoms with Gasteiger partial charge in [0.15, 0.2) is 11.3 Å². The molecule has 0 spiro atoms. The average Bonchev–Trinajstić information content (AvgIpc) is 3.30. The molecular formula is C17H21N3O5. The predicted octanol–water partition coefficient (Wildman–Crippen LogP) is 2.57. The van der Waals surface area contributed by atoms with Gasteiger partial charge in [-0.15, -0.1) is 0 Å². The highest BCUT2D eigenvalue weighted by Gasteiger charge is 2.45. The number of furan rings is 1. The molecular weight excluding hydrogens is 326 g/mol. The molecule has 25 heavy (non-hydrogen) atoms. The van der Waals surface area contributed by atoms with Crippen LogP contribution in [-0.4, -0.2) is 51.5 Å². The molecule has 3 rings (SSSR count). The number of hydrogen-bond acceptors (Lipinski definition) is 5. The molecule has 8 heteroatoms. The van der Waals surface area contributed by atoms with Crippen LogP contribution in [0.4, 0.5) is 4.79 Å². The van der Waals surface area contributed by atoms with E-state index in [1.807, 2.05) is 6.92 Å². The standard InChI is InChI=1S/C17H21N3O5/c1-2-11-25-16(23)19-9-6-17(7-10-19,15(21)22)20-8-5-13(18-20)14-4-3-12-24-14/h3-5,8,12H,2,6-7,9-11H2,1H3,(H,21,22). The molecule has 1 amide bonds. The van der Waals surface area contributed by atoms with Gasteiger partial charge in [-0.3, -0.25) is 4.68 Å². The Morgan fingerprint density at radius 1 is 1.36 bits per heavy atom. The van der Waals surface area contributed by atoms with Gasteiger partial charge in [-0.2, -0.15) is 5.10 Å².